The van der Waals surface area contributed by atoms with E-state index >= 15 is 0 Å². The number of rotatable bonds is 5. The van der Waals surface area contributed by atoms with Gasteiger partial charge in [0.25, 0.3) is 0 Å². The Morgan fingerprint density at radius 3 is 2.67 bits per heavy atom. The first kappa shape index (κ1) is 22.6. The number of nitrogens with zero attached hydrogens (tertiary/aromatic N) is 6. The van der Waals surface area contributed by atoms with Gasteiger partial charge in [-0.15, -0.1) is 10.2 Å². The summed E-state index contributed by atoms with van der Waals surface area (Å²) in [6, 6.07) is 3.10. The second-order valence-electron chi connectivity index (χ2n) is 8.03. The molecule has 0 aromatic carbocycles. The molecule has 1 amide bonds. The lowest BCUT2D eigenvalue weighted by Gasteiger charge is -2.26. The molecule has 1 N–H and O–H groups in total. The van der Waals surface area contributed by atoms with Crippen molar-refractivity contribution < 1.29 is 17.9 Å². The van der Waals surface area contributed by atoms with E-state index in [0.717, 1.165) is 11.8 Å². The van der Waals surface area contributed by atoms with Gasteiger partial charge in [0.1, 0.15) is 0 Å². The van der Waals surface area contributed by atoms with Crippen LogP contribution >= 0.6 is 0 Å². The fourth-order valence-corrected chi connectivity index (χ4v) is 4.07. The van der Waals surface area contributed by atoms with Crippen molar-refractivity contribution in [3.63, 3.8) is 0 Å². The number of hydrogen-bond acceptors (Lipinski definition) is 9. The SMILES string of the molecule is Cc1nc(S(C)(=O)=O)ccc1Nc1nccn2c(C3=CCN(C(=O)OC(C)C)CC3)nnc12. The average molecular weight is 472 g/mol. The molecule has 0 saturated heterocycles. The Bertz CT molecular complexity index is 1350. The Hall–Kier alpha value is -3.54. The van der Waals surface area contributed by atoms with Gasteiger partial charge in [0.05, 0.1) is 17.5 Å². The molecule has 0 atom stereocenters. The van der Waals surface area contributed by atoms with Crippen LogP contribution in [0.2, 0.25) is 0 Å². The molecule has 4 heterocycles. The standard InChI is InChI=1S/C21H25N7O4S/c1-13(2)32-21(29)27-10-7-15(8-11-27)19-25-26-20-18(22-9-12-28(19)20)24-16-5-6-17(23-14(16)3)33(4,30)31/h5-7,9,12-13H,8,10-11H2,1-4H3,(H,22,24). The minimum Gasteiger partial charge on any atom is -0.447 e. The highest BCUT2D eigenvalue weighted by molar-refractivity contribution is 7.90. The smallest absolute Gasteiger partial charge is 0.410 e. The van der Waals surface area contributed by atoms with Crippen LogP contribution in [0.1, 0.15) is 31.8 Å². The fourth-order valence-electron chi connectivity index (χ4n) is 3.45. The number of fused-ring (bicyclic) bond motifs is 1. The minimum atomic E-state index is -3.39. The summed E-state index contributed by atoms with van der Waals surface area (Å²) in [6.07, 6.45) is 6.60. The van der Waals surface area contributed by atoms with Gasteiger partial charge in [-0.3, -0.25) is 4.40 Å². The Morgan fingerprint density at radius 2 is 2.03 bits per heavy atom. The number of aryl methyl sites for hydroxylation is 1. The van der Waals surface area contributed by atoms with Crippen LogP contribution < -0.4 is 5.32 Å². The Kier molecular flexibility index (Phi) is 6.02. The lowest BCUT2D eigenvalue weighted by atomic mass is 10.1. The highest BCUT2D eigenvalue weighted by atomic mass is 32.2. The number of pyridine rings is 1. The van der Waals surface area contributed by atoms with E-state index in [1.165, 1.54) is 6.07 Å². The van der Waals surface area contributed by atoms with Gasteiger partial charge in [0, 0.05) is 31.7 Å². The van der Waals surface area contributed by atoms with Crippen molar-refractivity contribution in [3.05, 3.63) is 42.1 Å². The minimum absolute atomic E-state index is 0.0111. The quantitative estimate of drug-likeness (QED) is 0.596. The molecule has 12 heteroatoms. The molecule has 3 aromatic heterocycles. The number of hydrogen-bond donors (Lipinski definition) is 1. The Morgan fingerprint density at radius 1 is 1.24 bits per heavy atom. The van der Waals surface area contributed by atoms with Crippen molar-refractivity contribution in [2.24, 2.45) is 0 Å². The summed E-state index contributed by atoms with van der Waals surface area (Å²) in [5.74, 6) is 1.14. The maximum absolute atomic E-state index is 12.1. The topological polar surface area (TPSA) is 132 Å². The molecule has 1 aliphatic rings. The summed E-state index contributed by atoms with van der Waals surface area (Å²) in [7, 11) is -3.39. The number of amides is 1. The predicted octanol–water partition coefficient (Wildman–Crippen LogP) is 2.61. The van der Waals surface area contributed by atoms with E-state index in [1.54, 1.807) is 30.3 Å². The van der Waals surface area contributed by atoms with Crippen LogP contribution in [0.15, 0.2) is 35.6 Å². The first-order valence-corrected chi connectivity index (χ1v) is 12.3. The normalized spacial score (nSPS) is 14.5. The third-order valence-electron chi connectivity index (χ3n) is 5.11. The van der Waals surface area contributed by atoms with E-state index in [1.807, 2.05) is 24.3 Å². The van der Waals surface area contributed by atoms with Crippen molar-refractivity contribution >= 4 is 38.7 Å². The Balaban J connectivity index is 1.58. The van der Waals surface area contributed by atoms with Gasteiger partial charge in [-0.2, -0.15) is 0 Å². The van der Waals surface area contributed by atoms with E-state index in [4.69, 9.17) is 4.74 Å². The van der Waals surface area contributed by atoms with Gasteiger partial charge < -0.3 is 15.0 Å². The van der Waals surface area contributed by atoms with Crippen molar-refractivity contribution in [1.82, 2.24) is 29.5 Å². The van der Waals surface area contributed by atoms with Crippen LogP contribution in [0, 0.1) is 6.92 Å². The molecule has 0 aliphatic carbocycles. The van der Waals surface area contributed by atoms with Crippen LogP contribution in [0.25, 0.3) is 11.2 Å². The van der Waals surface area contributed by atoms with Gasteiger partial charge in [-0.1, -0.05) is 6.08 Å². The zero-order chi connectivity index (χ0) is 23.8. The van der Waals surface area contributed by atoms with Crippen molar-refractivity contribution in [2.75, 3.05) is 24.7 Å². The maximum atomic E-state index is 12.1. The largest absolute Gasteiger partial charge is 0.447 e. The first-order valence-electron chi connectivity index (χ1n) is 10.4. The molecule has 0 radical (unpaired) electrons. The number of nitrogens with one attached hydrogen (secondary N) is 1. The number of anilines is 2. The molecule has 0 unspecified atom stereocenters. The summed E-state index contributed by atoms with van der Waals surface area (Å²) in [5.41, 5.74) is 2.62. The summed E-state index contributed by atoms with van der Waals surface area (Å²) in [4.78, 5) is 22.3. The number of sulfone groups is 1. The van der Waals surface area contributed by atoms with Gasteiger partial charge in [-0.05, 0) is 44.9 Å². The molecule has 0 bridgehead atoms. The van der Waals surface area contributed by atoms with E-state index in [9.17, 15) is 13.2 Å². The van der Waals surface area contributed by atoms with Gasteiger partial charge in [0.15, 0.2) is 26.5 Å². The van der Waals surface area contributed by atoms with Crippen molar-refractivity contribution in [3.8, 4) is 0 Å². The van der Waals surface area contributed by atoms with Gasteiger partial charge in [-0.25, -0.2) is 23.2 Å². The molecule has 4 rings (SSSR count). The summed E-state index contributed by atoms with van der Waals surface area (Å²) >= 11 is 0. The second-order valence-corrected chi connectivity index (χ2v) is 9.99. The number of aromatic nitrogens is 5. The molecule has 0 fully saturated rings. The average Bonchev–Trinajstić information content (AvgIpc) is 3.19. The molecule has 174 valence electrons. The van der Waals surface area contributed by atoms with Crippen LogP contribution in [-0.2, 0) is 14.6 Å². The molecular formula is C21H25N7O4S. The van der Waals surface area contributed by atoms with E-state index < -0.39 is 9.84 Å². The van der Waals surface area contributed by atoms with E-state index in [0.29, 0.717) is 48.2 Å². The van der Waals surface area contributed by atoms with Crippen LogP contribution in [-0.4, -0.2) is 69.4 Å². The molecule has 0 saturated carbocycles. The molecule has 11 nitrogen and oxygen atoms in total. The van der Waals surface area contributed by atoms with Crippen LogP contribution in [0.5, 0.6) is 0 Å². The molecule has 0 spiro atoms. The lowest BCUT2D eigenvalue weighted by Crippen LogP contribution is -2.36. The van der Waals surface area contributed by atoms with E-state index in [2.05, 4.69) is 25.5 Å². The summed E-state index contributed by atoms with van der Waals surface area (Å²) < 4.78 is 30.6. The number of carbonyl (C=O) groups is 1. The van der Waals surface area contributed by atoms with Gasteiger partial charge in [0.2, 0.25) is 5.65 Å². The van der Waals surface area contributed by atoms with Crippen molar-refractivity contribution in [2.45, 2.75) is 38.3 Å². The highest BCUT2D eigenvalue weighted by Crippen LogP contribution is 2.26. The van der Waals surface area contributed by atoms with Crippen LogP contribution in [0.4, 0.5) is 16.3 Å². The molecule has 33 heavy (non-hydrogen) atoms. The highest BCUT2D eigenvalue weighted by Gasteiger charge is 2.23. The van der Waals surface area contributed by atoms with Crippen molar-refractivity contribution in [1.29, 1.82) is 0 Å². The summed E-state index contributed by atoms with van der Waals surface area (Å²) in [5, 5.41) is 11.8. The molecule has 1 aliphatic heterocycles. The molecular weight excluding hydrogens is 446 g/mol. The first-order chi connectivity index (χ1) is 15.6. The maximum Gasteiger partial charge on any atom is 0.410 e. The second kappa shape index (κ2) is 8.77. The predicted molar refractivity (Wildman–Crippen MR) is 122 cm³/mol. The molecule has 3 aromatic rings. The van der Waals surface area contributed by atoms with Gasteiger partial charge >= 0.3 is 6.09 Å². The Labute approximate surface area is 191 Å². The van der Waals surface area contributed by atoms with E-state index in [-0.39, 0.29) is 17.2 Å². The third kappa shape index (κ3) is 4.80. The van der Waals surface area contributed by atoms with Crippen LogP contribution in [0.3, 0.4) is 0 Å². The third-order valence-corrected chi connectivity index (χ3v) is 6.10. The number of ether oxygens (including phenoxy) is 1. The zero-order valence-electron chi connectivity index (χ0n) is 18.8. The zero-order valence-corrected chi connectivity index (χ0v) is 19.6. The number of carbonyl (C=O) groups excluding carboxylic acids is 1. The fraction of sp³-hybridized carbons (Fsp3) is 0.381. The lowest BCUT2D eigenvalue weighted by molar-refractivity contribution is 0.0799. The monoisotopic (exact) mass is 471 g/mol. The summed E-state index contributed by atoms with van der Waals surface area (Å²) in [6.45, 7) is 6.32.